The Morgan fingerprint density at radius 2 is 1.88 bits per heavy atom. The average Bonchev–Trinajstić information content (AvgIpc) is 2.64. The zero-order valence-electron chi connectivity index (χ0n) is 14.6. The Balaban J connectivity index is 2.08. The molecule has 1 atom stereocenters. The molecule has 2 heterocycles. The number of methoxy groups -OCH3 is 2. The molecule has 128 valence electrons. The highest BCUT2D eigenvalue weighted by Crippen LogP contribution is 2.36. The second-order valence-electron chi connectivity index (χ2n) is 6.06. The quantitative estimate of drug-likeness (QED) is 0.914. The number of benzene rings is 1. The molecule has 0 bridgehead atoms. The molecule has 1 aromatic heterocycles. The van der Waals surface area contributed by atoms with E-state index >= 15 is 0 Å². The molecule has 24 heavy (non-hydrogen) atoms. The molecule has 5 heteroatoms. The van der Waals surface area contributed by atoms with Gasteiger partial charge in [-0.2, -0.15) is 0 Å². The van der Waals surface area contributed by atoms with Crippen LogP contribution in [0.1, 0.15) is 22.9 Å². The summed E-state index contributed by atoms with van der Waals surface area (Å²) in [7, 11) is 3.40. The number of nitrogens with one attached hydrogen (secondary N) is 1. The van der Waals surface area contributed by atoms with Gasteiger partial charge in [0, 0.05) is 37.9 Å². The summed E-state index contributed by atoms with van der Waals surface area (Å²) in [6.07, 6.45) is 1.93. The first kappa shape index (κ1) is 16.7. The minimum Gasteiger partial charge on any atom is -0.497 e. The monoisotopic (exact) mass is 327 g/mol. The number of piperazine rings is 1. The van der Waals surface area contributed by atoms with E-state index in [-0.39, 0.29) is 6.04 Å². The van der Waals surface area contributed by atoms with Gasteiger partial charge in [-0.15, -0.1) is 0 Å². The van der Waals surface area contributed by atoms with Crippen LogP contribution in [0.2, 0.25) is 0 Å². The van der Waals surface area contributed by atoms with E-state index in [4.69, 9.17) is 14.5 Å². The van der Waals surface area contributed by atoms with E-state index in [1.165, 1.54) is 0 Å². The maximum absolute atomic E-state index is 5.64. The number of rotatable bonds is 5. The Labute approximate surface area is 143 Å². The van der Waals surface area contributed by atoms with Gasteiger partial charge in [0.15, 0.2) is 0 Å². The predicted molar refractivity (Wildman–Crippen MR) is 94.8 cm³/mol. The van der Waals surface area contributed by atoms with Gasteiger partial charge in [-0.3, -0.25) is 9.88 Å². The third-order valence-electron chi connectivity index (χ3n) is 4.46. The van der Waals surface area contributed by atoms with Crippen molar-refractivity contribution in [2.45, 2.75) is 13.0 Å². The second kappa shape index (κ2) is 7.64. The van der Waals surface area contributed by atoms with Crippen molar-refractivity contribution in [1.82, 2.24) is 15.2 Å². The first-order chi connectivity index (χ1) is 11.7. The van der Waals surface area contributed by atoms with Gasteiger partial charge in [-0.05, 0) is 36.8 Å². The molecule has 0 radical (unpaired) electrons. The minimum atomic E-state index is 0.0535. The molecule has 2 aromatic rings. The predicted octanol–water partition coefficient (Wildman–Crippen LogP) is 2.40. The minimum absolute atomic E-state index is 0.0535. The van der Waals surface area contributed by atoms with Crippen LogP contribution >= 0.6 is 0 Å². The van der Waals surface area contributed by atoms with E-state index in [1.54, 1.807) is 14.2 Å². The Morgan fingerprint density at radius 1 is 1.08 bits per heavy atom. The third-order valence-corrected chi connectivity index (χ3v) is 4.46. The number of aryl methyl sites for hydroxylation is 1. The van der Waals surface area contributed by atoms with Crippen molar-refractivity contribution < 1.29 is 9.47 Å². The van der Waals surface area contributed by atoms with Crippen LogP contribution in [0.4, 0.5) is 0 Å². The lowest BCUT2D eigenvalue weighted by Crippen LogP contribution is -2.45. The largest absolute Gasteiger partial charge is 0.497 e. The van der Waals surface area contributed by atoms with Crippen molar-refractivity contribution in [3.63, 3.8) is 0 Å². The molecular formula is C19H25N3O2. The number of ether oxygens (including phenoxy) is 2. The highest BCUT2D eigenvalue weighted by atomic mass is 16.5. The Bertz CT molecular complexity index is 667. The fourth-order valence-electron chi connectivity index (χ4n) is 3.18. The van der Waals surface area contributed by atoms with Crippen LogP contribution in [0.25, 0.3) is 0 Å². The number of nitrogens with zero attached hydrogens (tertiary/aromatic N) is 2. The molecule has 0 aliphatic carbocycles. The lowest BCUT2D eigenvalue weighted by atomic mass is 9.98. The van der Waals surface area contributed by atoms with Gasteiger partial charge < -0.3 is 14.8 Å². The summed E-state index contributed by atoms with van der Waals surface area (Å²) in [6.45, 7) is 5.97. The summed E-state index contributed by atoms with van der Waals surface area (Å²) in [5.41, 5.74) is 3.29. The van der Waals surface area contributed by atoms with Crippen LogP contribution in [-0.4, -0.2) is 50.3 Å². The lowest BCUT2D eigenvalue weighted by Gasteiger charge is -2.35. The molecule has 1 aliphatic rings. The van der Waals surface area contributed by atoms with Gasteiger partial charge in [-0.25, -0.2) is 0 Å². The van der Waals surface area contributed by atoms with Crippen LogP contribution in [-0.2, 0) is 0 Å². The van der Waals surface area contributed by atoms with Gasteiger partial charge in [0.2, 0.25) is 0 Å². The van der Waals surface area contributed by atoms with E-state index < -0.39 is 0 Å². The number of aromatic nitrogens is 1. The smallest absolute Gasteiger partial charge is 0.124 e. The van der Waals surface area contributed by atoms with Gasteiger partial charge in [0.1, 0.15) is 11.5 Å². The lowest BCUT2D eigenvalue weighted by molar-refractivity contribution is 0.192. The second-order valence-corrected chi connectivity index (χ2v) is 6.06. The molecule has 1 saturated heterocycles. The Kier molecular flexibility index (Phi) is 5.33. The van der Waals surface area contributed by atoms with Crippen molar-refractivity contribution in [1.29, 1.82) is 0 Å². The zero-order chi connectivity index (χ0) is 16.9. The summed E-state index contributed by atoms with van der Waals surface area (Å²) in [4.78, 5) is 7.15. The van der Waals surface area contributed by atoms with Crippen LogP contribution in [0.15, 0.2) is 36.5 Å². The van der Waals surface area contributed by atoms with Crippen molar-refractivity contribution >= 4 is 0 Å². The van der Waals surface area contributed by atoms with E-state index in [0.717, 1.165) is 54.5 Å². The van der Waals surface area contributed by atoms with Gasteiger partial charge in [-0.1, -0.05) is 6.07 Å². The Hall–Kier alpha value is -2.11. The third kappa shape index (κ3) is 3.52. The van der Waals surface area contributed by atoms with Crippen LogP contribution in [0.3, 0.4) is 0 Å². The fourth-order valence-corrected chi connectivity index (χ4v) is 3.18. The summed E-state index contributed by atoms with van der Waals surface area (Å²) < 4.78 is 11.1. The molecule has 1 aromatic carbocycles. The number of hydrogen-bond donors (Lipinski definition) is 1. The highest BCUT2D eigenvalue weighted by Gasteiger charge is 2.28. The maximum atomic E-state index is 5.64. The summed E-state index contributed by atoms with van der Waals surface area (Å²) in [5, 5.41) is 3.41. The van der Waals surface area contributed by atoms with Crippen LogP contribution < -0.4 is 14.8 Å². The van der Waals surface area contributed by atoms with E-state index in [0.29, 0.717) is 0 Å². The molecule has 0 saturated carbocycles. The zero-order valence-corrected chi connectivity index (χ0v) is 14.6. The topological polar surface area (TPSA) is 46.6 Å². The fraction of sp³-hybridized carbons (Fsp3) is 0.421. The van der Waals surface area contributed by atoms with Crippen LogP contribution in [0, 0.1) is 6.92 Å². The van der Waals surface area contributed by atoms with Gasteiger partial charge in [0.05, 0.1) is 26.0 Å². The van der Waals surface area contributed by atoms with E-state index in [9.17, 15) is 0 Å². The van der Waals surface area contributed by atoms with E-state index in [1.807, 2.05) is 18.3 Å². The summed E-state index contributed by atoms with van der Waals surface area (Å²) >= 11 is 0. The Morgan fingerprint density at radius 3 is 2.50 bits per heavy atom. The summed E-state index contributed by atoms with van der Waals surface area (Å²) in [5.74, 6) is 1.69. The van der Waals surface area contributed by atoms with Crippen LogP contribution in [0.5, 0.6) is 11.5 Å². The summed E-state index contributed by atoms with van der Waals surface area (Å²) in [6, 6.07) is 10.2. The molecule has 1 aliphatic heterocycles. The first-order valence-electron chi connectivity index (χ1n) is 8.32. The maximum Gasteiger partial charge on any atom is 0.124 e. The number of pyridine rings is 1. The number of hydrogen-bond acceptors (Lipinski definition) is 5. The first-order valence-corrected chi connectivity index (χ1v) is 8.32. The average molecular weight is 327 g/mol. The molecule has 1 fully saturated rings. The van der Waals surface area contributed by atoms with Gasteiger partial charge in [0.25, 0.3) is 0 Å². The van der Waals surface area contributed by atoms with E-state index in [2.05, 4.69) is 35.3 Å². The van der Waals surface area contributed by atoms with Crippen molar-refractivity contribution in [3.8, 4) is 11.5 Å². The molecule has 1 unspecified atom stereocenters. The molecule has 0 amide bonds. The van der Waals surface area contributed by atoms with Crippen molar-refractivity contribution in [2.24, 2.45) is 0 Å². The molecule has 1 N–H and O–H groups in total. The highest BCUT2D eigenvalue weighted by molar-refractivity contribution is 5.45. The molecular weight excluding hydrogens is 302 g/mol. The van der Waals surface area contributed by atoms with Gasteiger partial charge >= 0.3 is 0 Å². The molecule has 0 spiro atoms. The van der Waals surface area contributed by atoms with Crippen molar-refractivity contribution in [3.05, 3.63) is 53.3 Å². The normalized spacial score (nSPS) is 16.6. The standard InChI is InChI=1S/C19H25N3O2/c1-14-4-6-17(21-13-14)19(22-10-8-20-9-11-22)16-12-15(23-2)5-7-18(16)24-3/h4-7,12-13,19-20H,8-11H2,1-3H3. The molecule has 3 rings (SSSR count). The van der Waals surface area contributed by atoms with Crippen molar-refractivity contribution in [2.75, 3.05) is 40.4 Å². The SMILES string of the molecule is COc1ccc(OC)c(C(c2ccc(C)cn2)N2CCNCC2)c1. The molecule has 5 nitrogen and oxygen atoms in total.